The zero-order chi connectivity index (χ0) is 18.9. The summed E-state index contributed by atoms with van der Waals surface area (Å²) in [5.41, 5.74) is 3.68. The van der Waals surface area contributed by atoms with Crippen LogP contribution in [0, 0.1) is 0 Å². The summed E-state index contributed by atoms with van der Waals surface area (Å²) in [5.74, 6) is 0. The fraction of sp³-hybridized carbons (Fsp3) is 0.0526. The van der Waals surface area contributed by atoms with Crippen molar-refractivity contribution in [1.29, 1.82) is 0 Å². The summed E-state index contributed by atoms with van der Waals surface area (Å²) in [4.78, 5) is 0. The number of hydrogen-bond acceptors (Lipinski definition) is 6. The molecule has 0 aliphatic heterocycles. The van der Waals surface area contributed by atoms with E-state index in [0.717, 1.165) is 32.9 Å². The second kappa shape index (κ2) is 7.06. The lowest BCUT2D eigenvalue weighted by Crippen LogP contribution is -1.99. The summed E-state index contributed by atoms with van der Waals surface area (Å²) in [6, 6.07) is 15.9. The Morgan fingerprint density at radius 2 is 1.96 bits per heavy atom. The first kappa shape index (κ1) is 16.9. The molecule has 0 fully saturated rings. The number of hydrogen-bond donors (Lipinski definition) is 2. The number of benzene rings is 2. The summed E-state index contributed by atoms with van der Waals surface area (Å²) >= 11 is 7.92. The van der Waals surface area contributed by atoms with Gasteiger partial charge in [0.05, 0.1) is 34.7 Å². The molecule has 0 radical (unpaired) electrons. The minimum atomic E-state index is 0.556. The normalized spacial score (nSPS) is 11.2. The lowest BCUT2D eigenvalue weighted by Gasteiger charge is -2.05. The van der Waals surface area contributed by atoms with Crippen LogP contribution in [-0.4, -0.2) is 30.2 Å². The molecule has 3 heterocycles. The van der Waals surface area contributed by atoms with Crippen molar-refractivity contribution in [3.05, 3.63) is 71.0 Å². The van der Waals surface area contributed by atoms with Gasteiger partial charge in [0.2, 0.25) is 5.13 Å². The predicted octanol–water partition coefficient (Wildman–Crippen LogP) is 4.72. The van der Waals surface area contributed by atoms with E-state index in [4.69, 9.17) is 11.6 Å². The maximum absolute atomic E-state index is 6.45. The minimum Gasteiger partial charge on any atom is -0.329 e. The maximum Gasteiger partial charge on any atom is 0.210 e. The van der Waals surface area contributed by atoms with Crippen molar-refractivity contribution in [1.82, 2.24) is 30.2 Å². The Kier molecular flexibility index (Phi) is 4.27. The fourth-order valence-corrected chi connectivity index (χ4v) is 3.92. The SMILES string of the molecule is Clc1c(Nc2nnc(Cn3ccc(-c4ccccc4)n3)s2)ccc2[nH]ncc12. The summed E-state index contributed by atoms with van der Waals surface area (Å²) in [6.45, 7) is 0.556. The van der Waals surface area contributed by atoms with Gasteiger partial charge in [-0.3, -0.25) is 9.78 Å². The molecule has 9 heteroatoms. The van der Waals surface area contributed by atoms with Crippen LogP contribution in [0.5, 0.6) is 0 Å². The highest BCUT2D eigenvalue weighted by atomic mass is 35.5. The van der Waals surface area contributed by atoms with Crippen LogP contribution in [0.1, 0.15) is 5.01 Å². The molecular weight excluding hydrogens is 394 g/mol. The van der Waals surface area contributed by atoms with Crippen LogP contribution < -0.4 is 5.32 Å². The van der Waals surface area contributed by atoms with E-state index in [1.807, 2.05) is 59.4 Å². The predicted molar refractivity (Wildman–Crippen MR) is 111 cm³/mol. The number of aromatic nitrogens is 6. The molecule has 0 unspecified atom stereocenters. The first-order valence-corrected chi connectivity index (χ1v) is 9.75. The smallest absolute Gasteiger partial charge is 0.210 e. The fourth-order valence-electron chi connectivity index (χ4n) is 2.91. The number of rotatable bonds is 5. The highest BCUT2D eigenvalue weighted by Gasteiger charge is 2.11. The van der Waals surface area contributed by atoms with Crippen molar-refractivity contribution in [2.45, 2.75) is 6.54 Å². The third-order valence-corrected chi connectivity index (χ3v) is 5.50. The van der Waals surface area contributed by atoms with E-state index in [1.165, 1.54) is 11.3 Å². The highest BCUT2D eigenvalue weighted by Crippen LogP contribution is 2.32. The molecule has 0 saturated carbocycles. The van der Waals surface area contributed by atoms with Gasteiger partial charge in [0, 0.05) is 17.1 Å². The molecule has 0 aliphatic rings. The van der Waals surface area contributed by atoms with Gasteiger partial charge in [-0.1, -0.05) is 53.3 Å². The van der Waals surface area contributed by atoms with E-state index in [9.17, 15) is 0 Å². The van der Waals surface area contributed by atoms with E-state index in [0.29, 0.717) is 16.7 Å². The summed E-state index contributed by atoms with van der Waals surface area (Å²) in [6.07, 6.45) is 3.65. The highest BCUT2D eigenvalue weighted by molar-refractivity contribution is 7.15. The molecule has 0 amide bonds. The second-order valence-electron chi connectivity index (χ2n) is 6.15. The van der Waals surface area contributed by atoms with Crippen LogP contribution in [0.15, 0.2) is 60.9 Å². The van der Waals surface area contributed by atoms with Gasteiger partial charge in [-0.25, -0.2) is 0 Å². The van der Waals surface area contributed by atoms with Crippen molar-refractivity contribution >= 4 is 44.7 Å². The van der Waals surface area contributed by atoms with Gasteiger partial charge in [-0.15, -0.1) is 10.2 Å². The Morgan fingerprint density at radius 3 is 2.86 bits per heavy atom. The average molecular weight is 408 g/mol. The molecule has 28 heavy (non-hydrogen) atoms. The number of halogens is 1. The number of fused-ring (bicyclic) bond motifs is 1. The molecule has 3 aromatic heterocycles. The zero-order valence-corrected chi connectivity index (χ0v) is 16.1. The van der Waals surface area contributed by atoms with Gasteiger partial charge < -0.3 is 5.32 Å². The lowest BCUT2D eigenvalue weighted by molar-refractivity contribution is 0.680. The van der Waals surface area contributed by atoms with E-state index < -0.39 is 0 Å². The number of nitrogens with one attached hydrogen (secondary N) is 2. The average Bonchev–Trinajstić information content (AvgIpc) is 3.46. The van der Waals surface area contributed by atoms with Gasteiger partial charge in [0.25, 0.3) is 0 Å². The monoisotopic (exact) mass is 407 g/mol. The van der Waals surface area contributed by atoms with E-state index in [1.54, 1.807) is 6.20 Å². The first-order chi connectivity index (χ1) is 13.8. The minimum absolute atomic E-state index is 0.556. The number of anilines is 2. The van der Waals surface area contributed by atoms with Crippen LogP contribution in [0.25, 0.3) is 22.2 Å². The van der Waals surface area contributed by atoms with Gasteiger partial charge in [0.15, 0.2) is 0 Å². The second-order valence-corrected chi connectivity index (χ2v) is 7.59. The Labute approximate surface area is 169 Å². The molecule has 0 atom stereocenters. The summed E-state index contributed by atoms with van der Waals surface area (Å²) in [7, 11) is 0. The quantitative estimate of drug-likeness (QED) is 0.440. The molecule has 5 aromatic rings. The summed E-state index contributed by atoms with van der Waals surface area (Å²) < 4.78 is 1.86. The van der Waals surface area contributed by atoms with E-state index in [-0.39, 0.29) is 0 Å². The molecule has 0 bridgehead atoms. The standard InChI is InChI=1S/C19H14ClN7S/c20-18-13-10-21-23-15(13)6-7-16(18)22-19-25-24-17(28-19)11-27-9-8-14(26-27)12-4-2-1-3-5-12/h1-10H,11H2,(H,21,23)(H,22,25). The van der Waals surface area contributed by atoms with Crippen molar-refractivity contribution < 1.29 is 0 Å². The van der Waals surface area contributed by atoms with Crippen molar-refractivity contribution in [3.8, 4) is 11.3 Å². The van der Waals surface area contributed by atoms with Gasteiger partial charge >= 0.3 is 0 Å². The number of H-pyrrole nitrogens is 1. The van der Waals surface area contributed by atoms with Crippen LogP contribution >= 0.6 is 22.9 Å². The molecule has 5 rings (SSSR count). The number of nitrogens with zero attached hydrogens (tertiary/aromatic N) is 5. The Morgan fingerprint density at radius 1 is 1.07 bits per heavy atom. The van der Waals surface area contributed by atoms with Crippen LogP contribution in [0.3, 0.4) is 0 Å². The van der Waals surface area contributed by atoms with E-state index >= 15 is 0 Å². The van der Waals surface area contributed by atoms with Gasteiger partial charge in [-0.2, -0.15) is 10.2 Å². The third-order valence-electron chi connectivity index (χ3n) is 4.27. The molecule has 2 aromatic carbocycles. The first-order valence-electron chi connectivity index (χ1n) is 8.56. The van der Waals surface area contributed by atoms with Gasteiger partial charge in [-0.05, 0) is 18.2 Å². The largest absolute Gasteiger partial charge is 0.329 e. The van der Waals surface area contributed by atoms with Crippen molar-refractivity contribution in [2.24, 2.45) is 0 Å². The van der Waals surface area contributed by atoms with Crippen LogP contribution in [-0.2, 0) is 6.54 Å². The van der Waals surface area contributed by atoms with Crippen LogP contribution in [0.4, 0.5) is 10.8 Å². The van der Waals surface area contributed by atoms with E-state index in [2.05, 4.69) is 30.8 Å². The van der Waals surface area contributed by atoms with Gasteiger partial charge in [0.1, 0.15) is 5.01 Å². The van der Waals surface area contributed by atoms with Crippen molar-refractivity contribution in [2.75, 3.05) is 5.32 Å². The molecule has 2 N–H and O–H groups in total. The molecule has 138 valence electrons. The lowest BCUT2D eigenvalue weighted by atomic mass is 10.2. The van der Waals surface area contributed by atoms with Crippen LogP contribution in [0.2, 0.25) is 5.02 Å². The molecule has 0 saturated heterocycles. The Bertz CT molecular complexity index is 1240. The molecule has 0 aliphatic carbocycles. The van der Waals surface area contributed by atoms with Crippen molar-refractivity contribution in [3.63, 3.8) is 0 Å². The number of aromatic amines is 1. The molecular formula is C19H14ClN7S. The topological polar surface area (TPSA) is 84.3 Å². The Balaban J connectivity index is 1.32. The maximum atomic E-state index is 6.45. The third kappa shape index (κ3) is 3.23. The Hall–Kier alpha value is -3.23. The molecule has 0 spiro atoms. The molecule has 7 nitrogen and oxygen atoms in total. The summed E-state index contributed by atoms with van der Waals surface area (Å²) in [5, 5.41) is 26.2. The zero-order valence-electron chi connectivity index (χ0n) is 14.5.